The Bertz CT molecular complexity index is 725. The van der Waals surface area contributed by atoms with E-state index in [0.717, 1.165) is 10.9 Å². The van der Waals surface area contributed by atoms with E-state index in [1.54, 1.807) is 7.11 Å². The molecule has 0 amide bonds. The van der Waals surface area contributed by atoms with Crippen LogP contribution in [0, 0.1) is 6.92 Å². The minimum absolute atomic E-state index is 0.143. The van der Waals surface area contributed by atoms with Crippen molar-refractivity contribution >= 4 is 44.9 Å². The molecule has 0 saturated carbocycles. The van der Waals surface area contributed by atoms with Crippen LogP contribution in [0.5, 0.6) is 0 Å². The van der Waals surface area contributed by atoms with E-state index in [4.69, 9.17) is 21.1 Å². The minimum atomic E-state index is -0.389. The number of carbonyl (C=O) groups excluding carboxylic acids is 1. The van der Waals surface area contributed by atoms with Gasteiger partial charge in [0.05, 0.1) is 12.0 Å². The van der Waals surface area contributed by atoms with Gasteiger partial charge in [-0.15, -0.1) is 11.3 Å². The molecular weight excluding hydrogens is 338 g/mol. The highest BCUT2D eigenvalue weighted by molar-refractivity contribution is 7.20. The lowest BCUT2D eigenvalue weighted by atomic mass is 10.1. The molecular formula is C15H20ClN3O3S. The zero-order chi connectivity index (χ0) is 17.2. The Morgan fingerprint density at radius 1 is 1.30 bits per heavy atom. The number of nitrogens with zero attached hydrogens (tertiary/aromatic N) is 2. The molecule has 0 aliphatic carbocycles. The van der Waals surface area contributed by atoms with Crippen molar-refractivity contribution in [3.05, 3.63) is 15.7 Å². The number of methoxy groups -OCH3 is 1. The second-order valence-electron chi connectivity index (χ2n) is 6.08. The molecule has 0 fully saturated rings. The van der Waals surface area contributed by atoms with Crippen LogP contribution in [0.15, 0.2) is 0 Å². The minimum Gasteiger partial charge on any atom is -0.459 e. The third-order valence-corrected chi connectivity index (χ3v) is 4.30. The van der Waals surface area contributed by atoms with Crippen LogP contribution in [-0.2, 0) is 9.47 Å². The van der Waals surface area contributed by atoms with Gasteiger partial charge in [-0.1, -0.05) is 0 Å². The van der Waals surface area contributed by atoms with E-state index in [1.807, 2.05) is 27.7 Å². The van der Waals surface area contributed by atoms with Crippen molar-refractivity contribution in [2.75, 3.05) is 25.6 Å². The van der Waals surface area contributed by atoms with Gasteiger partial charge in [-0.3, -0.25) is 0 Å². The largest absolute Gasteiger partial charge is 0.459 e. The molecule has 0 bridgehead atoms. The van der Waals surface area contributed by atoms with Gasteiger partial charge in [0.15, 0.2) is 0 Å². The highest BCUT2D eigenvalue weighted by Gasteiger charge is 2.23. The second-order valence-corrected chi connectivity index (χ2v) is 7.42. The summed E-state index contributed by atoms with van der Waals surface area (Å²) in [6, 6.07) is 0. The summed E-state index contributed by atoms with van der Waals surface area (Å²) in [6.45, 7) is 8.50. The van der Waals surface area contributed by atoms with Crippen molar-refractivity contribution in [3.8, 4) is 0 Å². The lowest BCUT2D eigenvalue weighted by Crippen LogP contribution is -2.27. The average molecular weight is 358 g/mol. The molecule has 1 N–H and O–H groups in total. The van der Waals surface area contributed by atoms with Gasteiger partial charge in [-0.2, -0.15) is 0 Å². The van der Waals surface area contributed by atoms with Crippen molar-refractivity contribution in [2.45, 2.75) is 33.2 Å². The van der Waals surface area contributed by atoms with Crippen LogP contribution in [0.3, 0.4) is 0 Å². The van der Waals surface area contributed by atoms with Crippen molar-refractivity contribution in [3.63, 3.8) is 0 Å². The highest BCUT2D eigenvalue weighted by atomic mass is 35.5. The summed E-state index contributed by atoms with van der Waals surface area (Å²) >= 11 is 7.26. The Morgan fingerprint density at radius 3 is 2.61 bits per heavy atom. The monoisotopic (exact) mass is 357 g/mol. The third-order valence-electron chi connectivity index (χ3n) is 2.96. The van der Waals surface area contributed by atoms with Crippen LogP contribution in [0.25, 0.3) is 10.2 Å². The standard InChI is InChI=1S/C15H20ClN3O3S/c1-8-9-11(19-15(2,3)4)17-14(16)18-12(9)23-10(8)13(20)22-7-6-21-5/h6-7H2,1-5H3,(H,17,18,19). The fourth-order valence-electron chi connectivity index (χ4n) is 2.04. The molecule has 0 unspecified atom stereocenters. The first-order valence-corrected chi connectivity index (χ1v) is 8.33. The molecule has 0 aliphatic rings. The van der Waals surface area contributed by atoms with Gasteiger partial charge >= 0.3 is 5.97 Å². The molecule has 0 radical (unpaired) electrons. The molecule has 0 saturated heterocycles. The first kappa shape index (κ1) is 17.9. The molecule has 0 aromatic carbocycles. The Kier molecular flexibility index (Phi) is 5.44. The number of hydrogen-bond donors (Lipinski definition) is 1. The van der Waals surface area contributed by atoms with E-state index in [-0.39, 0.29) is 23.4 Å². The fraction of sp³-hybridized carbons (Fsp3) is 0.533. The normalized spacial score (nSPS) is 11.7. The number of halogens is 1. The van der Waals surface area contributed by atoms with Crippen molar-refractivity contribution in [1.29, 1.82) is 0 Å². The zero-order valence-electron chi connectivity index (χ0n) is 13.8. The van der Waals surface area contributed by atoms with Gasteiger partial charge in [0.1, 0.15) is 22.1 Å². The van der Waals surface area contributed by atoms with E-state index in [0.29, 0.717) is 22.1 Å². The van der Waals surface area contributed by atoms with Gasteiger partial charge in [0, 0.05) is 12.6 Å². The SMILES string of the molecule is COCCOC(=O)c1sc2nc(Cl)nc(NC(C)(C)C)c2c1C. The molecule has 0 spiro atoms. The number of esters is 1. The average Bonchev–Trinajstić information content (AvgIpc) is 2.74. The number of rotatable bonds is 5. The Labute approximate surface area is 144 Å². The maximum Gasteiger partial charge on any atom is 0.348 e. The number of aromatic nitrogens is 2. The molecule has 0 atom stereocenters. The first-order valence-electron chi connectivity index (χ1n) is 7.14. The number of ether oxygens (including phenoxy) is 2. The smallest absolute Gasteiger partial charge is 0.348 e. The quantitative estimate of drug-likeness (QED) is 0.500. The van der Waals surface area contributed by atoms with Crippen molar-refractivity contribution in [2.24, 2.45) is 0 Å². The fourth-order valence-corrected chi connectivity index (χ4v) is 3.33. The van der Waals surface area contributed by atoms with E-state index >= 15 is 0 Å². The summed E-state index contributed by atoms with van der Waals surface area (Å²) in [5.41, 5.74) is 0.592. The summed E-state index contributed by atoms with van der Waals surface area (Å²) in [7, 11) is 1.56. The highest BCUT2D eigenvalue weighted by Crippen LogP contribution is 2.35. The first-order chi connectivity index (χ1) is 10.7. The molecule has 126 valence electrons. The predicted molar refractivity (Wildman–Crippen MR) is 92.7 cm³/mol. The molecule has 0 aliphatic heterocycles. The molecule has 6 nitrogen and oxygen atoms in total. The molecule has 2 rings (SSSR count). The van der Waals surface area contributed by atoms with Gasteiger partial charge in [0.25, 0.3) is 0 Å². The van der Waals surface area contributed by atoms with Crippen LogP contribution in [0.1, 0.15) is 36.0 Å². The maximum absolute atomic E-state index is 12.2. The summed E-state index contributed by atoms with van der Waals surface area (Å²) in [4.78, 5) is 21.9. The predicted octanol–water partition coefficient (Wildman–Crippen LogP) is 3.67. The summed E-state index contributed by atoms with van der Waals surface area (Å²) in [6.07, 6.45) is 0. The van der Waals surface area contributed by atoms with E-state index in [9.17, 15) is 4.79 Å². The molecule has 2 aromatic rings. The lowest BCUT2D eigenvalue weighted by molar-refractivity contribution is 0.0393. The van der Waals surface area contributed by atoms with E-state index in [1.165, 1.54) is 11.3 Å². The van der Waals surface area contributed by atoms with Gasteiger partial charge < -0.3 is 14.8 Å². The zero-order valence-corrected chi connectivity index (χ0v) is 15.4. The van der Waals surface area contributed by atoms with Gasteiger partial charge in [0.2, 0.25) is 5.28 Å². The van der Waals surface area contributed by atoms with E-state index in [2.05, 4.69) is 15.3 Å². The van der Waals surface area contributed by atoms with Gasteiger partial charge in [-0.25, -0.2) is 14.8 Å². The van der Waals surface area contributed by atoms with Crippen molar-refractivity contribution < 1.29 is 14.3 Å². The molecule has 8 heteroatoms. The van der Waals surface area contributed by atoms with Gasteiger partial charge in [-0.05, 0) is 44.9 Å². The summed E-state index contributed by atoms with van der Waals surface area (Å²) < 4.78 is 10.1. The topological polar surface area (TPSA) is 73.3 Å². The summed E-state index contributed by atoms with van der Waals surface area (Å²) in [5, 5.41) is 4.25. The van der Waals surface area contributed by atoms with Crippen LogP contribution in [-0.4, -0.2) is 41.8 Å². The maximum atomic E-state index is 12.2. The number of aryl methyl sites for hydroxylation is 1. The van der Waals surface area contributed by atoms with Crippen LogP contribution in [0.4, 0.5) is 5.82 Å². The van der Waals surface area contributed by atoms with Crippen LogP contribution in [0.2, 0.25) is 5.28 Å². The Hall–Kier alpha value is -1.44. The third kappa shape index (κ3) is 4.31. The van der Waals surface area contributed by atoms with Crippen LogP contribution < -0.4 is 5.32 Å². The number of nitrogens with one attached hydrogen (secondary N) is 1. The Morgan fingerprint density at radius 2 is 2.00 bits per heavy atom. The molecule has 2 aromatic heterocycles. The van der Waals surface area contributed by atoms with Crippen LogP contribution >= 0.6 is 22.9 Å². The number of carbonyl (C=O) groups is 1. The van der Waals surface area contributed by atoms with Crippen molar-refractivity contribution in [1.82, 2.24) is 9.97 Å². The molecule has 23 heavy (non-hydrogen) atoms. The second kappa shape index (κ2) is 6.98. The lowest BCUT2D eigenvalue weighted by Gasteiger charge is -2.22. The number of anilines is 1. The molecule has 2 heterocycles. The van der Waals surface area contributed by atoms with E-state index < -0.39 is 0 Å². The summed E-state index contributed by atoms with van der Waals surface area (Å²) in [5.74, 6) is 0.234. The number of hydrogen-bond acceptors (Lipinski definition) is 7. The Balaban J connectivity index is 2.44. The number of fused-ring (bicyclic) bond motifs is 1. The number of thiophene rings is 1.